The number of β-amino-alcohol motifs (C(OH)–C–C–N with tert-alkyl or cyclic N) is 1. The van der Waals surface area contributed by atoms with Crippen molar-refractivity contribution in [1.82, 2.24) is 14.9 Å². The van der Waals surface area contributed by atoms with Gasteiger partial charge in [-0.3, -0.25) is 14.8 Å². The van der Waals surface area contributed by atoms with E-state index < -0.39 is 5.92 Å². The molecule has 1 atom stereocenters. The molecule has 1 aromatic carbocycles. The minimum Gasteiger partial charge on any atom is -0.473 e. The summed E-state index contributed by atoms with van der Waals surface area (Å²) in [5.41, 5.74) is 4.15. The van der Waals surface area contributed by atoms with Gasteiger partial charge < -0.3 is 20.2 Å². The molecule has 0 aliphatic carbocycles. The number of ether oxygens (including phenoxy) is 1. The van der Waals surface area contributed by atoms with Crippen molar-refractivity contribution in [2.45, 2.75) is 32.3 Å². The second kappa shape index (κ2) is 11.7. The van der Waals surface area contributed by atoms with Gasteiger partial charge in [0.1, 0.15) is 12.3 Å². The van der Waals surface area contributed by atoms with E-state index >= 15 is 0 Å². The molecule has 0 fully saturated rings. The molecular weight excluding hydrogens is 454 g/mol. The van der Waals surface area contributed by atoms with Crippen LogP contribution in [0.4, 0.5) is 0 Å². The fourth-order valence-corrected chi connectivity index (χ4v) is 4.13. The number of nitrogens with zero attached hydrogens (tertiary/aromatic N) is 4. The van der Waals surface area contributed by atoms with E-state index in [4.69, 9.17) is 10.1 Å². The van der Waals surface area contributed by atoms with E-state index in [0.29, 0.717) is 42.6 Å². The van der Waals surface area contributed by atoms with Crippen LogP contribution >= 0.6 is 0 Å². The zero-order chi connectivity index (χ0) is 25.5. The van der Waals surface area contributed by atoms with E-state index in [9.17, 15) is 9.90 Å². The van der Waals surface area contributed by atoms with Gasteiger partial charge in [0.25, 0.3) is 5.91 Å². The fraction of sp³-hybridized carbons (Fsp3) is 0.321. The molecule has 2 aromatic heterocycles. The molecule has 1 amide bonds. The molecular formula is C28H31N5O3. The maximum absolute atomic E-state index is 13.2. The van der Waals surface area contributed by atoms with E-state index in [0.717, 1.165) is 5.56 Å². The van der Waals surface area contributed by atoms with Gasteiger partial charge in [-0.2, -0.15) is 0 Å². The smallest absolute Gasteiger partial charge is 0.268 e. The van der Waals surface area contributed by atoms with Crippen molar-refractivity contribution >= 4 is 17.3 Å². The highest BCUT2D eigenvalue weighted by molar-refractivity contribution is 6.46. The monoisotopic (exact) mass is 485 g/mol. The third kappa shape index (κ3) is 5.83. The quantitative estimate of drug-likeness (QED) is 0.426. The highest BCUT2D eigenvalue weighted by atomic mass is 16.5. The van der Waals surface area contributed by atoms with Gasteiger partial charge in [0.05, 0.1) is 24.8 Å². The second-order valence-corrected chi connectivity index (χ2v) is 8.98. The molecule has 8 heteroatoms. The Bertz CT molecular complexity index is 1210. The van der Waals surface area contributed by atoms with Crippen LogP contribution in [0.5, 0.6) is 5.88 Å². The average Bonchev–Trinajstić information content (AvgIpc) is 2.91. The Labute approximate surface area is 211 Å². The fourth-order valence-electron chi connectivity index (χ4n) is 4.13. The first kappa shape index (κ1) is 25.2. The molecule has 0 spiro atoms. The van der Waals surface area contributed by atoms with Crippen LogP contribution < -0.4 is 4.74 Å². The predicted molar refractivity (Wildman–Crippen MR) is 139 cm³/mol. The van der Waals surface area contributed by atoms with Gasteiger partial charge in [0, 0.05) is 37.7 Å². The number of carbonyl (C=O) groups is 1. The lowest BCUT2D eigenvalue weighted by Crippen LogP contribution is -2.46. The molecule has 1 unspecified atom stereocenters. The number of amides is 1. The van der Waals surface area contributed by atoms with Gasteiger partial charge in [0.15, 0.2) is 0 Å². The Morgan fingerprint density at radius 2 is 1.81 bits per heavy atom. The predicted octanol–water partition coefficient (Wildman–Crippen LogP) is 3.61. The van der Waals surface area contributed by atoms with Crippen molar-refractivity contribution in [2.75, 3.05) is 26.2 Å². The van der Waals surface area contributed by atoms with Crippen LogP contribution in [0, 0.1) is 5.41 Å². The number of benzene rings is 1. The molecule has 186 valence electrons. The lowest BCUT2D eigenvalue weighted by molar-refractivity contribution is -0.125. The van der Waals surface area contributed by atoms with Crippen LogP contribution in [-0.4, -0.2) is 63.5 Å². The van der Waals surface area contributed by atoms with E-state index in [-0.39, 0.29) is 30.5 Å². The van der Waals surface area contributed by atoms with Gasteiger partial charge in [-0.1, -0.05) is 44.2 Å². The third-order valence-electron chi connectivity index (χ3n) is 6.21. The molecule has 0 radical (unpaired) electrons. The van der Waals surface area contributed by atoms with Crippen molar-refractivity contribution < 1.29 is 14.6 Å². The number of hydrogen-bond donors (Lipinski definition) is 2. The molecule has 1 aliphatic heterocycles. The lowest BCUT2D eigenvalue weighted by atomic mass is 9.86. The number of aliphatic hydroxyl groups excluding tert-OH is 1. The topological polar surface area (TPSA) is 112 Å². The van der Waals surface area contributed by atoms with Crippen LogP contribution in [0.15, 0.2) is 72.1 Å². The van der Waals surface area contributed by atoms with Crippen LogP contribution in [0.1, 0.15) is 47.9 Å². The summed E-state index contributed by atoms with van der Waals surface area (Å²) in [6.07, 6.45) is 4.87. The third-order valence-corrected chi connectivity index (χ3v) is 6.21. The van der Waals surface area contributed by atoms with Crippen molar-refractivity contribution in [2.24, 2.45) is 4.99 Å². The maximum atomic E-state index is 13.2. The average molecular weight is 486 g/mol. The van der Waals surface area contributed by atoms with E-state index in [2.05, 4.69) is 53.1 Å². The summed E-state index contributed by atoms with van der Waals surface area (Å²) >= 11 is 0. The Balaban J connectivity index is 1.56. The van der Waals surface area contributed by atoms with Crippen LogP contribution in [0.25, 0.3) is 0 Å². The Hall–Kier alpha value is -3.91. The SMILES string of the molecule is CC(C)c1ccc(COc2ccc(C(C(=N)c3ccncc3)C3=NCCN(CCO)C3=O)cn2)cc1. The van der Waals surface area contributed by atoms with Gasteiger partial charge in [-0.25, -0.2) is 4.98 Å². The van der Waals surface area contributed by atoms with Crippen molar-refractivity contribution in [3.63, 3.8) is 0 Å². The van der Waals surface area contributed by atoms with Gasteiger partial charge in [-0.05, 0) is 40.3 Å². The largest absolute Gasteiger partial charge is 0.473 e. The number of aromatic nitrogens is 2. The molecule has 8 nitrogen and oxygen atoms in total. The number of aliphatic imine (C=N–C) groups is 1. The molecule has 0 saturated heterocycles. The summed E-state index contributed by atoms with van der Waals surface area (Å²) in [6.45, 7) is 5.69. The Morgan fingerprint density at radius 3 is 2.44 bits per heavy atom. The molecule has 1 aliphatic rings. The van der Waals surface area contributed by atoms with Crippen molar-refractivity contribution in [3.8, 4) is 5.88 Å². The Kier molecular flexibility index (Phi) is 8.17. The summed E-state index contributed by atoms with van der Waals surface area (Å²) in [6, 6.07) is 15.4. The zero-order valence-electron chi connectivity index (χ0n) is 20.6. The molecule has 4 rings (SSSR count). The minimum atomic E-state index is -0.702. The highest BCUT2D eigenvalue weighted by Gasteiger charge is 2.34. The molecule has 3 aromatic rings. The summed E-state index contributed by atoms with van der Waals surface area (Å²) in [5, 5.41) is 18.3. The van der Waals surface area contributed by atoms with Gasteiger partial charge >= 0.3 is 0 Å². The molecule has 2 N–H and O–H groups in total. The molecule has 0 saturated carbocycles. The maximum Gasteiger partial charge on any atom is 0.268 e. The summed E-state index contributed by atoms with van der Waals surface area (Å²) in [4.78, 5) is 27.8. The van der Waals surface area contributed by atoms with Gasteiger partial charge in [-0.15, -0.1) is 0 Å². The van der Waals surface area contributed by atoms with E-state index in [1.54, 1.807) is 41.7 Å². The first-order valence-electron chi connectivity index (χ1n) is 12.1. The number of pyridine rings is 2. The number of aliphatic hydroxyl groups is 1. The van der Waals surface area contributed by atoms with Crippen molar-refractivity contribution in [1.29, 1.82) is 5.41 Å². The lowest BCUT2D eigenvalue weighted by Gasteiger charge is -2.30. The first-order chi connectivity index (χ1) is 17.5. The minimum absolute atomic E-state index is 0.126. The van der Waals surface area contributed by atoms with Crippen molar-refractivity contribution in [3.05, 3.63) is 89.4 Å². The van der Waals surface area contributed by atoms with Crippen LogP contribution in [0.2, 0.25) is 0 Å². The molecule has 36 heavy (non-hydrogen) atoms. The number of hydrogen-bond acceptors (Lipinski definition) is 7. The van der Waals surface area contributed by atoms with E-state index in [1.165, 1.54) is 5.56 Å². The molecule has 3 heterocycles. The number of rotatable bonds is 10. The first-order valence-corrected chi connectivity index (χ1v) is 12.1. The number of nitrogens with one attached hydrogen (secondary N) is 1. The summed E-state index contributed by atoms with van der Waals surface area (Å²) in [5.74, 6) is -0.0418. The highest BCUT2D eigenvalue weighted by Crippen LogP contribution is 2.26. The zero-order valence-corrected chi connectivity index (χ0v) is 20.6. The van der Waals surface area contributed by atoms with Crippen LogP contribution in [-0.2, 0) is 11.4 Å². The normalized spacial score (nSPS) is 14.5. The second-order valence-electron chi connectivity index (χ2n) is 8.98. The number of carbonyl (C=O) groups excluding carboxylic acids is 1. The summed E-state index contributed by atoms with van der Waals surface area (Å²) < 4.78 is 5.88. The summed E-state index contributed by atoms with van der Waals surface area (Å²) in [7, 11) is 0. The van der Waals surface area contributed by atoms with Crippen LogP contribution in [0.3, 0.4) is 0 Å². The standard InChI is InChI=1S/C28H31N5O3/c1-19(2)21-5-3-20(4-6-21)18-36-24-8-7-23(17-32-24)25(26(29)22-9-11-30-12-10-22)27-28(35)33(15-16-34)14-13-31-27/h3-12,17,19,25,29,34H,13-16,18H2,1-2H3. The molecule has 0 bridgehead atoms. The Morgan fingerprint density at radius 1 is 1.08 bits per heavy atom. The van der Waals surface area contributed by atoms with Gasteiger partial charge in [0.2, 0.25) is 5.88 Å². The van der Waals surface area contributed by atoms with E-state index in [1.807, 2.05) is 6.07 Å².